The minimum absolute atomic E-state index is 0.0661. The second-order valence-corrected chi connectivity index (χ2v) is 7.62. The number of carbonyl (C=O) groups excluding carboxylic acids is 1. The highest BCUT2D eigenvalue weighted by Gasteiger charge is 2.19. The smallest absolute Gasteiger partial charge is 0.252 e. The number of hydrogen-bond donors (Lipinski definition) is 1. The van der Waals surface area contributed by atoms with Gasteiger partial charge in [-0.3, -0.25) is 4.79 Å². The third-order valence-electron chi connectivity index (χ3n) is 4.47. The highest BCUT2D eigenvalue weighted by atomic mass is 32.1. The number of hydrogen-bond acceptors (Lipinski definition) is 4. The molecule has 0 saturated carbocycles. The number of para-hydroxylation sites is 1. The molecule has 0 spiro atoms. The Balaban J connectivity index is 1.69. The van der Waals surface area contributed by atoms with E-state index in [1.165, 1.54) is 4.88 Å². The van der Waals surface area contributed by atoms with Crippen LogP contribution in [0.5, 0.6) is 0 Å². The molecule has 1 saturated heterocycles. The Morgan fingerprint density at radius 3 is 2.96 bits per heavy atom. The second kappa shape index (κ2) is 6.94. The average molecular weight is 352 g/mol. The van der Waals surface area contributed by atoms with Crippen molar-refractivity contribution in [1.29, 1.82) is 0 Å². The second-order valence-electron chi connectivity index (χ2n) is 6.33. The van der Waals surface area contributed by atoms with Crippen LogP contribution in [0.1, 0.15) is 28.1 Å². The first-order chi connectivity index (χ1) is 12.2. The molecule has 0 aliphatic carbocycles. The van der Waals surface area contributed by atoms with Gasteiger partial charge in [0.1, 0.15) is 0 Å². The summed E-state index contributed by atoms with van der Waals surface area (Å²) in [5.74, 6) is -0.0661. The Morgan fingerprint density at radius 1 is 1.32 bits per heavy atom. The van der Waals surface area contributed by atoms with Gasteiger partial charge in [-0.25, -0.2) is 4.98 Å². The summed E-state index contributed by atoms with van der Waals surface area (Å²) < 4.78 is 5.60. The van der Waals surface area contributed by atoms with Crippen LogP contribution in [0.15, 0.2) is 42.5 Å². The number of fused-ring (bicyclic) bond motifs is 1. The molecule has 1 aliphatic rings. The Hall–Kier alpha value is -2.24. The van der Waals surface area contributed by atoms with Gasteiger partial charge in [0.15, 0.2) is 0 Å². The number of rotatable bonds is 4. The van der Waals surface area contributed by atoms with E-state index in [-0.39, 0.29) is 12.0 Å². The summed E-state index contributed by atoms with van der Waals surface area (Å²) in [5, 5.41) is 3.91. The number of carbonyl (C=O) groups is 1. The number of nitrogens with zero attached hydrogens (tertiary/aromatic N) is 1. The van der Waals surface area contributed by atoms with Crippen molar-refractivity contribution in [2.75, 3.05) is 13.2 Å². The standard InChI is InChI=1S/C20H20N2O2S/c1-13-8-9-19(25-13)18-11-16(15-6-2-3-7-17(15)22-18)20(23)21-12-14-5-4-10-24-14/h2-3,6-9,11,14H,4-5,10,12H2,1H3,(H,21,23). The zero-order valence-corrected chi connectivity index (χ0v) is 14.9. The first kappa shape index (κ1) is 16.2. The average Bonchev–Trinajstić information content (AvgIpc) is 3.30. The third-order valence-corrected chi connectivity index (χ3v) is 5.49. The summed E-state index contributed by atoms with van der Waals surface area (Å²) in [5.41, 5.74) is 2.36. The summed E-state index contributed by atoms with van der Waals surface area (Å²) in [6.45, 7) is 3.42. The minimum Gasteiger partial charge on any atom is -0.376 e. The highest BCUT2D eigenvalue weighted by molar-refractivity contribution is 7.15. The van der Waals surface area contributed by atoms with Crippen LogP contribution in [0.2, 0.25) is 0 Å². The minimum atomic E-state index is -0.0661. The molecule has 1 atom stereocenters. The molecule has 1 fully saturated rings. The first-order valence-corrected chi connectivity index (χ1v) is 9.39. The molecule has 0 bridgehead atoms. The van der Waals surface area contributed by atoms with Crippen molar-refractivity contribution in [3.8, 4) is 10.6 Å². The molecule has 2 aromatic heterocycles. The van der Waals surface area contributed by atoms with Crippen LogP contribution in [-0.2, 0) is 4.74 Å². The van der Waals surface area contributed by atoms with Gasteiger partial charge in [0, 0.05) is 23.4 Å². The van der Waals surface area contributed by atoms with Gasteiger partial charge in [0.05, 0.1) is 27.8 Å². The van der Waals surface area contributed by atoms with Gasteiger partial charge in [-0.05, 0) is 44.0 Å². The Kier molecular flexibility index (Phi) is 4.51. The molecule has 3 heterocycles. The van der Waals surface area contributed by atoms with Crippen molar-refractivity contribution in [2.45, 2.75) is 25.9 Å². The molecule has 3 aromatic rings. The molecule has 0 radical (unpaired) electrons. The molecule has 128 valence electrons. The van der Waals surface area contributed by atoms with Gasteiger partial charge in [-0.15, -0.1) is 11.3 Å². The summed E-state index contributed by atoms with van der Waals surface area (Å²) in [4.78, 5) is 19.9. The van der Waals surface area contributed by atoms with E-state index in [9.17, 15) is 4.79 Å². The monoisotopic (exact) mass is 352 g/mol. The van der Waals surface area contributed by atoms with E-state index in [1.54, 1.807) is 11.3 Å². The number of aromatic nitrogens is 1. The fraction of sp³-hybridized carbons (Fsp3) is 0.300. The van der Waals surface area contributed by atoms with Gasteiger partial charge in [-0.2, -0.15) is 0 Å². The topological polar surface area (TPSA) is 51.2 Å². The molecule has 1 N–H and O–H groups in total. The fourth-order valence-electron chi connectivity index (χ4n) is 3.17. The van der Waals surface area contributed by atoms with Crippen LogP contribution in [0.4, 0.5) is 0 Å². The van der Waals surface area contributed by atoms with Crippen molar-refractivity contribution in [3.05, 3.63) is 52.9 Å². The number of ether oxygens (including phenoxy) is 1. The molecule has 1 aliphatic heterocycles. The van der Waals surface area contributed by atoms with Crippen LogP contribution >= 0.6 is 11.3 Å². The number of benzene rings is 1. The lowest BCUT2D eigenvalue weighted by Crippen LogP contribution is -2.31. The highest BCUT2D eigenvalue weighted by Crippen LogP contribution is 2.29. The van der Waals surface area contributed by atoms with Crippen molar-refractivity contribution in [1.82, 2.24) is 10.3 Å². The van der Waals surface area contributed by atoms with Crippen molar-refractivity contribution >= 4 is 28.1 Å². The Labute approximate surface area is 150 Å². The van der Waals surface area contributed by atoms with Crippen LogP contribution in [0.3, 0.4) is 0 Å². The SMILES string of the molecule is Cc1ccc(-c2cc(C(=O)NCC3CCCO3)c3ccccc3n2)s1. The normalized spacial score (nSPS) is 17.1. The van der Waals surface area contributed by atoms with E-state index in [1.807, 2.05) is 30.3 Å². The van der Waals surface area contributed by atoms with Crippen LogP contribution < -0.4 is 5.32 Å². The number of nitrogens with one attached hydrogen (secondary N) is 1. The van der Waals surface area contributed by atoms with Gasteiger partial charge in [0.2, 0.25) is 0 Å². The van der Waals surface area contributed by atoms with Crippen molar-refractivity contribution < 1.29 is 9.53 Å². The molecule has 1 amide bonds. The van der Waals surface area contributed by atoms with Gasteiger partial charge in [0.25, 0.3) is 5.91 Å². The quantitative estimate of drug-likeness (QED) is 0.766. The zero-order valence-electron chi connectivity index (χ0n) is 14.1. The molecule has 5 heteroatoms. The molecular formula is C20H20N2O2S. The van der Waals surface area contributed by atoms with E-state index in [0.29, 0.717) is 12.1 Å². The van der Waals surface area contributed by atoms with Gasteiger partial charge < -0.3 is 10.1 Å². The number of aryl methyl sites for hydroxylation is 1. The summed E-state index contributed by atoms with van der Waals surface area (Å²) in [6, 6.07) is 13.8. The van der Waals surface area contributed by atoms with E-state index in [4.69, 9.17) is 9.72 Å². The molecule has 4 nitrogen and oxygen atoms in total. The van der Waals surface area contributed by atoms with Crippen LogP contribution in [0, 0.1) is 6.92 Å². The first-order valence-electron chi connectivity index (χ1n) is 8.57. The lowest BCUT2D eigenvalue weighted by Gasteiger charge is -2.13. The summed E-state index contributed by atoms with van der Waals surface area (Å²) in [6.07, 6.45) is 2.22. The maximum atomic E-state index is 12.8. The predicted molar refractivity (Wildman–Crippen MR) is 101 cm³/mol. The number of amides is 1. The maximum Gasteiger partial charge on any atom is 0.252 e. The lowest BCUT2D eigenvalue weighted by atomic mass is 10.1. The van der Waals surface area contributed by atoms with Crippen molar-refractivity contribution in [2.24, 2.45) is 0 Å². The third kappa shape index (κ3) is 3.43. The van der Waals surface area contributed by atoms with E-state index >= 15 is 0 Å². The Morgan fingerprint density at radius 2 is 2.20 bits per heavy atom. The lowest BCUT2D eigenvalue weighted by molar-refractivity contribution is 0.0859. The fourth-order valence-corrected chi connectivity index (χ4v) is 4.00. The molecular weight excluding hydrogens is 332 g/mol. The number of thiophene rings is 1. The summed E-state index contributed by atoms with van der Waals surface area (Å²) >= 11 is 1.69. The van der Waals surface area contributed by atoms with Crippen molar-refractivity contribution in [3.63, 3.8) is 0 Å². The maximum absolute atomic E-state index is 12.8. The summed E-state index contributed by atoms with van der Waals surface area (Å²) in [7, 11) is 0. The number of pyridine rings is 1. The van der Waals surface area contributed by atoms with E-state index < -0.39 is 0 Å². The largest absolute Gasteiger partial charge is 0.376 e. The van der Waals surface area contributed by atoms with Gasteiger partial charge in [-0.1, -0.05) is 18.2 Å². The van der Waals surface area contributed by atoms with Crippen LogP contribution in [0.25, 0.3) is 21.5 Å². The molecule has 4 rings (SSSR count). The molecule has 25 heavy (non-hydrogen) atoms. The van der Waals surface area contributed by atoms with E-state index in [0.717, 1.165) is 40.9 Å². The van der Waals surface area contributed by atoms with E-state index in [2.05, 4.69) is 24.4 Å². The Bertz CT molecular complexity index is 913. The zero-order chi connectivity index (χ0) is 17.2. The predicted octanol–water partition coefficient (Wildman–Crippen LogP) is 4.18. The van der Waals surface area contributed by atoms with Gasteiger partial charge >= 0.3 is 0 Å². The molecule has 1 aromatic carbocycles. The van der Waals surface area contributed by atoms with Crippen LogP contribution in [-0.4, -0.2) is 30.1 Å². The molecule has 1 unspecified atom stereocenters.